The first-order chi connectivity index (χ1) is 7.79. The molecule has 0 unspecified atom stereocenters. The third-order valence-electron chi connectivity index (χ3n) is 3.34. The van der Waals surface area contributed by atoms with E-state index < -0.39 is 0 Å². The van der Waals surface area contributed by atoms with Crippen LogP contribution in [0.25, 0.3) is 10.9 Å². The van der Waals surface area contributed by atoms with Gasteiger partial charge in [-0.1, -0.05) is 18.2 Å². The Morgan fingerprint density at radius 3 is 3.00 bits per heavy atom. The number of hydrogen-bond donors (Lipinski definition) is 1. The minimum Gasteiger partial charge on any atom is -0.469 e. The van der Waals surface area contributed by atoms with Crippen LogP contribution in [0.2, 0.25) is 0 Å². The first-order valence-electron chi connectivity index (χ1n) is 5.46. The number of aromatic amines is 1. The van der Waals surface area contributed by atoms with Gasteiger partial charge in [-0.3, -0.25) is 4.79 Å². The molecule has 1 aromatic carbocycles. The molecular weight excluding hydrogens is 202 g/mol. The molecule has 1 aliphatic carbocycles. The van der Waals surface area contributed by atoms with E-state index in [4.69, 9.17) is 4.74 Å². The Kier molecular flexibility index (Phi) is 1.99. The second kappa shape index (κ2) is 3.37. The van der Waals surface area contributed by atoms with E-state index >= 15 is 0 Å². The van der Waals surface area contributed by atoms with Gasteiger partial charge >= 0.3 is 5.97 Å². The first-order valence-corrected chi connectivity index (χ1v) is 5.46. The van der Waals surface area contributed by atoms with Gasteiger partial charge < -0.3 is 9.72 Å². The molecule has 3 nitrogen and oxygen atoms in total. The topological polar surface area (TPSA) is 42.1 Å². The van der Waals surface area contributed by atoms with E-state index in [1.807, 2.05) is 12.1 Å². The molecule has 0 aliphatic heterocycles. The van der Waals surface area contributed by atoms with Crippen LogP contribution in [0.3, 0.4) is 0 Å². The van der Waals surface area contributed by atoms with Gasteiger partial charge in [-0.25, -0.2) is 0 Å². The Hall–Kier alpha value is -1.77. The number of methoxy groups -OCH3 is 1. The van der Waals surface area contributed by atoms with Crippen molar-refractivity contribution in [2.45, 2.75) is 12.8 Å². The van der Waals surface area contributed by atoms with E-state index in [2.05, 4.69) is 17.1 Å². The summed E-state index contributed by atoms with van der Waals surface area (Å²) in [4.78, 5) is 14.9. The largest absolute Gasteiger partial charge is 0.469 e. The fourth-order valence-corrected chi connectivity index (χ4v) is 2.56. The molecule has 1 heterocycles. The molecule has 0 amide bonds. The highest BCUT2D eigenvalue weighted by molar-refractivity contribution is 5.87. The maximum atomic E-state index is 11.5. The molecule has 3 rings (SSSR count). The zero-order valence-electron chi connectivity index (χ0n) is 9.12. The molecule has 16 heavy (non-hydrogen) atoms. The third-order valence-corrected chi connectivity index (χ3v) is 3.34. The molecule has 0 saturated heterocycles. The summed E-state index contributed by atoms with van der Waals surface area (Å²) in [6.45, 7) is 0. The molecule has 0 spiro atoms. The number of carbonyl (C=O) groups is 1. The fraction of sp³-hybridized carbons (Fsp3) is 0.308. The second-order valence-electron chi connectivity index (χ2n) is 4.26. The van der Waals surface area contributed by atoms with Crippen LogP contribution in [0.4, 0.5) is 0 Å². The van der Waals surface area contributed by atoms with Crippen molar-refractivity contribution in [3.05, 3.63) is 35.5 Å². The number of hydrogen-bond acceptors (Lipinski definition) is 2. The van der Waals surface area contributed by atoms with E-state index in [0.29, 0.717) is 0 Å². The fourth-order valence-electron chi connectivity index (χ4n) is 2.56. The van der Waals surface area contributed by atoms with Crippen LogP contribution in [-0.2, 0) is 22.4 Å². The van der Waals surface area contributed by atoms with Crippen LogP contribution in [0.1, 0.15) is 11.3 Å². The summed E-state index contributed by atoms with van der Waals surface area (Å²) in [5, 5.41) is 1.24. The van der Waals surface area contributed by atoms with Gasteiger partial charge in [-0.2, -0.15) is 0 Å². The molecule has 1 N–H and O–H groups in total. The van der Waals surface area contributed by atoms with Gasteiger partial charge in [0.1, 0.15) is 0 Å². The summed E-state index contributed by atoms with van der Waals surface area (Å²) < 4.78 is 4.79. The molecule has 3 heteroatoms. The van der Waals surface area contributed by atoms with Crippen LogP contribution >= 0.6 is 0 Å². The number of aromatic nitrogens is 1. The maximum Gasteiger partial charge on any atom is 0.309 e. The van der Waals surface area contributed by atoms with Crippen molar-refractivity contribution in [3.63, 3.8) is 0 Å². The summed E-state index contributed by atoms with van der Waals surface area (Å²) in [6, 6.07) is 8.22. The molecular formula is C13H13NO2. The van der Waals surface area contributed by atoms with E-state index in [0.717, 1.165) is 18.4 Å². The van der Waals surface area contributed by atoms with Gasteiger partial charge in [0.25, 0.3) is 0 Å². The lowest BCUT2D eigenvalue weighted by Crippen LogP contribution is -2.16. The van der Waals surface area contributed by atoms with E-state index in [-0.39, 0.29) is 11.9 Å². The number of esters is 1. The standard InChI is InChI=1S/C13H13NO2/c1-16-13(15)8-6-10-9-4-2-3-5-11(9)14-12(10)7-8/h2-5,8,14H,6-7H2,1H3/t8-/m0/s1. The Labute approximate surface area is 93.4 Å². The van der Waals surface area contributed by atoms with Crippen LogP contribution < -0.4 is 0 Å². The minimum atomic E-state index is -0.103. The normalized spacial score (nSPS) is 18.7. The second-order valence-corrected chi connectivity index (χ2v) is 4.26. The molecule has 0 radical (unpaired) electrons. The number of rotatable bonds is 1. The Bertz CT molecular complexity index is 556. The van der Waals surface area contributed by atoms with Crippen molar-refractivity contribution in [2.75, 3.05) is 7.11 Å². The quantitative estimate of drug-likeness (QED) is 0.740. The van der Waals surface area contributed by atoms with Crippen molar-refractivity contribution in [1.29, 1.82) is 0 Å². The van der Waals surface area contributed by atoms with Crippen molar-refractivity contribution < 1.29 is 9.53 Å². The van der Waals surface area contributed by atoms with E-state index in [1.54, 1.807) is 0 Å². The van der Waals surface area contributed by atoms with Gasteiger partial charge in [0, 0.05) is 23.0 Å². The summed E-state index contributed by atoms with van der Waals surface area (Å²) in [5.41, 5.74) is 3.64. The van der Waals surface area contributed by atoms with Gasteiger partial charge in [-0.05, 0) is 18.1 Å². The van der Waals surface area contributed by atoms with Crippen LogP contribution in [0.15, 0.2) is 24.3 Å². The molecule has 1 atom stereocenters. The molecule has 82 valence electrons. The smallest absolute Gasteiger partial charge is 0.309 e. The predicted octanol–water partition coefficient (Wildman–Crippen LogP) is 2.06. The van der Waals surface area contributed by atoms with Gasteiger partial charge in [0.2, 0.25) is 0 Å². The highest BCUT2D eigenvalue weighted by atomic mass is 16.5. The van der Waals surface area contributed by atoms with E-state index in [9.17, 15) is 4.79 Å². The molecule has 2 aromatic rings. The highest BCUT2D eigenvalue weighted by Gasteiger charge is 2.30. The Balaban J connectivity index is 2.02. The number of carbonyl (C=O) groups excluding carboxylic acids is 1. The number of H-pyrrole nitrogens is 1. The number of para-hydroxylation sites is 1. The molecule has 0 saturated carbocycles. The van der Waals surface area contributed by atoms with Crippen molar-refractivity contribution in [1.82, 2.24) is 4.98 Å². The zero-order chi connectivity index (χ0) is 11.1. The van der Waals surface area contributed by atoms with Gasteiger partial charge in [0.05, 0.1) is 13.0 Å². The molecule has 0 bridgehead atoms. The van der Waals surface area contributed by atoms with Crippen molar-refractivity contribution in [3.8, 4) is 0 Å². The number of ether oxygens (including phenoxy) is 1. The number of fused-ring (bicyclic) bond motifs is 3. The average Bonchev–Trinajstić information content (AvgIpc) is 2.85. The Morgan fingerprint density at radius 1 is 1.38 bits per heavy atom. The lowest BCUT2D eigenvalue weighted by molar-refractivity contribution is -0.145. The average molecular weight is 215 g/mol. The van der Waals surface area contributed by atoms with Gasteiger partial charge in [-0.15, -0.1) is 0 Å². The minimum absolute atomic E-state index is 0.00384. The molecule has 0 fully saturated rings. The third kappa shape index (κ3) is 1.24. The van der Waals surface area contributed by atoms with Crippen molar-refractivity contribution in [2.24, 2.45) is 5.92 Å². The summed E-state index contributed by atoms with van der Waals surface area (Å²) in [5.74, 6) is -0.107. The summed E-state index contributed by atoms with van der Waals surface area (Å²) >= 11 is 0. The number of nitrogens with one attached hydrogen (secondary N) is 1. The molecule has 1 aromatic heterocycles. The predicted molar refractivity (Wildman–Crippen MR) is 61.2 cm³/mol. The zero-order valence-corrected chi connectivity index (χ0v) is 9.12. The highest BCUT2D eigenvalue weighted by Crippen LogP contribution is 2.33. The van der Waals surface area contributed by atoms with E-state index in [1.165, 1.54) is 23.8 Å². The van der Waals surface area contributed by atoms with Crippen LogP contribution in [0, 0.1) is 5.92 Å². The SMILES string of the molecule is COC(=O)[C@@H]1Cc2[nH]c3ccccc3c2C1. The van der Waals surface area contributed by atoms with Crippen molar-refractivity contribution >= 4 is 16.9 Å². The first kappa shape index (κ1) is 9.46. The summed E-state index contributed by atoms with van der Waals surface area (Å²) in [6.07, 6.45) is 1.57. The number of benzene rings is 1. The monoisotopic (exact) mass is 215 g/mol. The Morgan fingerprint density at radius 2 is 2.19 bits per heavy atom. The maximum absolute atomic E-state index is 11.5. The summed E-state index contributed by atoms with van der Waals surface area (Å²) in [7, 11) is 1.45. The lowest BCUT2D eigenvalue weighted by atomic mass is 10.1. The molecule has 1 aliphatic rings. The lowest BCUT2D eigenvalue weighted by Gasteiger charge is -2.05. The van der Waals surface area contributed by atoms with Crippen LogP contribution in [-0.4, -0.2) is 18.1 Å². The van der Waals surface area contributed by atoms with Crippen LogP contribution in [0.5, 0.6) is 0 Å². The van der Waals surface area contributed by atoms with Gasteiger partial charge in [0.15, 0.2) is 0 Å².